The number of aromatic amines is 1. The maximum absolute atomic E-state index is 15.4. The maximum Gasteiger partial charge on any atom is 0.153 e. The van der Waals surface area contributed by atoms with Crippen LogP contribution in [-0.2, 0) is 7.05 Å². The highest BCUT2D eigenvalue weighted by atomic mass is 19.1. The van der Waals surface area contributed by atoms with Gasteiger partial charge in [0.05, 0.1) is 23.3 Å². The first-order chi connectivity index (χ1) is 14.6. The van der Waals surface area contributed by atoms with Crippen molar-refractivity contribution in [3.63, 3.8) is 0 Å². The molecule has 0 amide bonds. The summed E-state index contributed by atoms with van der Waals surface area (Å²) < 4.78 is 17.1. The summed E-state index contributed by atoms with van der Waals surface area (Å²) in [7, 11) is 1.80. The topological polar surface area (TPSA) is 84.5 Å². The fourth-order valence-electron chi connectivity index (χ4n) is 6.88. The molecule has 4 aromatic rings. The molecule has 2 aliphatic carbocycles. The Morgan fingerprint density at radius 1 is 1.17 bits per heavy atom. The lowest BCUT2D eigenvalue weighted by molar-refractivity contribution is 0.246. The Hall–Kier alpha value is -3.09. The van der Waals surface area contributed by atoms with E-state index in [1.165, 1.54) is 30.2 Å². The third kappa shape index (κ3) is 1.98. The largest absolute Gasteiger partial charge is 0.382 e. The Bertz CT molecular complexity index is 1340. The molecule has 30 heavy (non-hydrogen) atoms. The van der Waals surface area contributed by atoms with Crippen LogP contribution in [0.2, 0.25) is 0 Å². The van der Waals surface area contributed by atoms with Gasteiger partial charge in [-0.15, -0.1) is 0 Å². The number of hydrogen-bond acceptors (Lipinski definition) is 4. The summed E-state index contributed by atoms with van der Waals surface area (Å²) in [6, 6.07) is 7.64. The van der Waals surface area contributed by atoms with Crippen molar-refractivity contribution in [3.05, 3.63) is 47.4 Å². The third-order valence-electron chi connectivity index (χ3n) is 8.01. The zero-order valence-corrected chi connectivity index (χ0v) is 16.7. The molecule has 7 rings (SSSR count). The Morgan fingerprint density at radius 2 is 2.03 bits per heavy atom. The molecule has 3 heterocycles. The van der Waals surface area contributed by atoms with Gasteiger partial charge in [-0.1, -0.05) is 0 Å². The highest BCUT2D eigenvalue weighted by Gasteiger charge is 2.54. The van der Waals surface area contributed by atoms with Crippen LogP contribution < -0.4 is 11.1 Å². The standard InChI is InChI=1S/C23H23FN6/c1-30-18-8-15(24)12(7-13(18)23(25)29-30)22-20-11-3-2-10(6-11)19(20)21-14-9-26-28-16(14)4-5-17(21)27-22/h4-5,7-11,19-20,22,27H,2-3,6H2,1H3,(H2,25,29)(H,26,28)/t10-,11?,19+,20-,22+/m1/s1. The average molecular weight is 402 g/mol. The number of benzene rings is 2. The van der Waals surface area contributed by atoms with Gasteiger partial charge in [0.1, 0.15) is 5.82 Å². The number of anilines is 2. The van der Waals surface area contributed by atoms with Crippen LogP contribution in [0, 0.1) is 23.6 Å². The van der Waals surface area contributed by atoms with E-state index in [0.717, 1.165) is 22.1 Å². The number of hydrogen-bond donors (Lipinski definition) is 3. The van der Waals surface area contributed by atoms with Gasteiger partial charge in [-0.2, -0.15) is 10.2 Å². The van der Waals surface area contributed by atoms with E-state index in [0.29, 0.717) is 35.1 Å². The normalized spacial score (nSPS) is 29.3. The lowest BCUT2D eigenvalue weighted by Gasteiger charge is -2.43. The van der Waals surface area contributed by atoms with E-state index in [1.807, 2.05) is 12.3 Å². The molecule has 1 aliphatic heterocycles. The van der Waals surface area contributed by atoms with Gasteiger partial charge < -0.3 is 11.1 Å². The molecular weight excluding hydrogens is 379 g/mol. The molecular formula is C23H23FN6. The minimum atomic E-state index is -0.183. The van der Waals surface area contributed by atoms with Crippen molar-refractivity contribution in [1.82, 2.24) is 20.0 Å². The molecule has 2 aromatic heterocycles. The lowest BCUT2D eigenvalue weighted by atomic mass is 9.67. The Balaban J connectivity index is 1.45. The zero-order chi connectivity index (χ0) is 20.1. The second-order valence-corrected chi connectivity index (χ2v) is 9.32. The number of nitrogen functional groups attached to an aromatic ring is 1. The van der Waals surface area contributed by atoms with Crippen molar-refractivity contribution >= 4 is 33.3 Å². The van der Waals surface area contributed by atoms with Crippen molar-refractivity contribution in [2.45, 2.75) is 31.2 Å². The van der Waals surface area contributed by atoms with Crippen LogP contribution in [0.5, 0.6) is 0 Å². The number of fused-ring (bicyclic) bond motifs is 10. The summed E-state index contributed by atoms with van der Waals surface area (Å²) in [6.45, 7) is 0. The quantitative estimate of drug-likeness (QED) is 0.439. The van der Waals surface area contributed by atoms with Gasteiger partial charge >= 0.3 is 0 Å². The smallest absolute Gasteiger partial charge is 0.153 e. The number of nitrogens with zero attached hydrogens (tertiary/aromatic N) is 3. The molecule has 0 saturated heterocycles. The number of nitrogens with one attached hydrogen (secondary N) is 2. The van der Waals surface area contributed by atoms with E-state index < -0.39 is 0 Å². The summed E-state index contributed by atoms with van der Waals surface area (Å²) in [6.07, 6.45) is 5.69. The number of rotatable bonds is 1. The van der Waals surface area contributed by atoms with Crippen LogP contribution in [0.4, 0.5) is 15.9 Å². The number of H-pyrrole nitrogens is 1. The van der Waals surface area contributed by atoms with Crippen LogP contribution >= 0.6 is 0 Å². The van der Waals surface area contributed by atoms with Crippen LogP contribution in [-0.4, -0.2) is 20.0 Å². The van der Waals surface area contributed by atoms with Crippen LogP contribution in [0.15, 0.2) is 30.5 Å². The highest BCUT2D eigenvalue weighted by Crippen LogP contribution is 2.64. The Morgan fingerprint density at radius 3 is 2.93 bits per heavy atom. The van der Waals surface area contributed by atoms with E-state index in [1.54, 1.807) is 17.8 Å². The van der Waals surface area contributed by atoms with Gasteiger partial charge in [0.2, 0.25) is 0 Å². The molecule has 2 aromatic carbocycles. The molecule has 5 atom stereocenters. The van der Waals surface area contributed by atoms with Crippen molar-refractivity contribution in [2.24, 2.45) is 24.8 Å². The summed E-state index contributed by atoms with van der Waals surface area (Å²) in [5, 5.41) is 17.4. The first-order valence-corrected chi connectivity index (χ1v) is 10.7. The second-order valence-electron chi connectivity index (χ2n) is 9.32. The van der Waals surface area contributed by atoms with Crippen molar-refractivity contribution in [1.29, 1.82) is 0 Å². The van der Waals surface area contributed by atoms with Gasteiger partial charge in [0.25, 0.3) is 0 Å². The van der Waals surface area contributed by atoms with Crippen LogP contribution in [0.3, 0.4) is 0 Å². The fraction of sp³-hybridized carbons (Fsp3) is 0.391. The van der Waals surface area contributed by atoms with Crippen molar-refractivity contribution < 1.29 is 4.39 Å². The SMILES string of the molecule is Cn1nc(N)c2cc([C@@H]3Nc4ccc5[nH]ncc5c4[C@H]4[C@@H]5CCC(C5)[C@H]43)c(F)cc21. The monoisotopic (exact) mass is 402 g/mol. The molecule has 2 fully saturated rings. The van der Waals surface area contributed by atoms with Crippen LogP contribution in [0.1, 0.15) is 42.3 Å². The third-order valence-corrected chi connectivity index (χ3v) is 8.01. The molecule has 2 saturated carbocycles. The summed E-state index contributed by atoms with van der Waals surface area (Å²) in [5.41, 5.74) is 11.1. The zero-order valence-electron chi connectivity index (χ0n) is 16.7. The van der Waals surface area contributed by atoms with Crippen LogP contribution in [0.25, 0.3) is 21.8 Å². The summed E-state index contributed by atoms with van der Waals surface area (Å²) in [5.74, 6) is 2.37. The van der Waals surface area contributed by atoms with E-state index >= 15 is 4.39 Å². The van der Waals surface area contributed by atoms with E-state index in [2.05, 4.69) is 32.7 Å². The molecule has 1 unspecified atom stereocenters. The highest BCUT2D eigenvalue weighted by molar-refractivity contribution is 5.91. The second kappa shape index (κ2) is 5.53. The molecule has 7 heteroatoms. The Kier molecular flexibility index (Phi) is 3.08. The van der Waals surface area contributed by atoms with E-state index in [4.69, 9.17) is 5.73 Å². The number of nitrogens with two attached hydrogens (primary N) is 1. The predicted octanol–water partition coefficient (Wildman–Crippen LogP) is 4.47. The number of aromatic nitrogens is 4. The van der Waals surface area contributed by atoms with Gasteiger partial charge in [0, 0.05) is 35.1 Å². The predicted molar refractivity (Wildman–Crippen MR) is 115 cm³/mol. The first kappa shape index (κ1) is 16.7. The Labute approximate surface area is 172 Å². The van der Waals surface area contributed by atoms with Gasteiger partial charge in [-0.25, -0.2) is 4.39 Å². The number of halogens is 1. The minimum Gasteiger partial charge on any atom is -0.382 e. The fourth-order valence-corrected chi connectivity index (χ4v) is 6.88. The van der Waals surface area contributed by atoms with Crippen molar-refractivity contribution in [2.75, 3.05) is 11.1 Å². The molecule has 4 N–H and O–H groups in total. The molecule has 3 aliphatic rings. The average Bonchev–Trinajstić information content (AvgIpc) is 3.51. The van der Waals surface area contributed by atoms with Gasteiger partial charge in [0.15, 0.2) is 5.82 Å². The first-order valence-electron chi connectivity index (χ1n) is 10.7. The molecule has 0 radical (unpaired) electrons. The molecule has 0 spiro atoms. The minimum absolute atomic E-state index is 0.0637. The van der Waals surface area contributed by atoms with E-state index in [9.17, 15) is 0 Å². The van der Waals surface area contributed by atoms with Crippen molar-refractivity contribution in [3.8, 4) is 0 Å². The van der Waals surface area contributed by atoms with Gasteiger partial charge in [-0.05, 0) is 66.7 Å². The van der Waals surface area contributed by atoms with Gasteiger partial charge in [-0.3, -0.25) is 9.78 Å². The number of aryl methyl sites for hydroxylation is 1. The summed E-state index contributed by atoms with van der Waals surface area (Å²) >= 11 is 0. The lowest BCUT2D eigenvalue weighted by Crippen LogP contribution is -2.36. The molecule has 6 nitrogen and oxygen atoms in total. The molecule has 152 valence electrons. The maximum atomic E-state index is 15.4. The van der Waals surface area contributed by atoms with E-state index in [-0.39, 0.29) is 11.9 Å². The summed E-state index contributed by atoms with van der Waals surface area (Å²) in [4.78, 5) is 0. The molecule has 2 bridgehead atoms.